The number of para-hydroxylation sites is 2. The molecular weight excluding hydrogens is 668 g/mol. The van der Waals surface area contributed by atoms with E-state index in [1.807, 2.05) is 18.2 Å². The number of hydrogen-bond donors (Lipinski definition) is 3. The van der Waals surface area contributed by atoms with Gasteiger partial charge in [0.2, 0.25) is 11.8 Å². The van der Waals surface area contributed by atoms with Crippen molar-refractivity contribution in [1.29, 1.82) is 0 Å². The van der Waals surface area contributed by atoms with E-state index in [0.29, 0.717) is 56.4 Å². The Balaban J connectivity index is 1.21. The highest BCUT2D eigenvalue weighted by Crippen LogP contribution is 2.42. The van der Waals surface area contributed by atoms with E-state index in [1.165, 1.54) is 0 Å². The summed E-state index contributed by atoms with van der Waals surface area (Å²) in [4.78, 5) is 48.8. The molecule has 1 aromatic heterocycles. The maximum Gasteiger partial charge on any atom is 0.418 e. The maximum absolute atomic E-state index is 14.0. The van der Waals surface area contributed by atoms with Gasteiger partial charge >= 0.3 is 18.0 Å². The molecule has 3 aliphatic rings. The van der Waals surface area contributed by atoms with Crippen LogP contribution in [0.5, 0.6) is 0 Å². The molecule has 4 heterocycles. The minimum atomic E-state index is -5.17. The van der Waals surface area contributed by atoms with Crippen molar-refractivity contribution in [2.45, 2.75) is 63.0 Å². The number of likely N-dealkylation sites (tertiary alicyclic amines) is 2. The smallest absolute Gasteiger partial charge is 0.398 e. The Morgan fingerprint density at radius 2 is 1.38 bits per heavy atom. The standard InChI is InChI=1S/C34H41F6N7O3/c35-33(36,37)25-18-21(19-26(30(25)41)34(38,39)40)17-22(31(49)46-13-5-23(6-14-46)44-15-9-42-10-16-44)20-29(48)45-11-7-24(8-12-45)47-28-4-2-1-3-27(28)43-32(47)50/h1-4,18-19,22-24,42H,5-17,20,41H2,(H,43,50)/t22-/m0/s1. The lowest BCUT2D eigenvalue weighted by Gasteiger charge is -2.41. The number of piperidine rings is 2. The van der Waals surface area contributed by atoms with Crippen LogP contribution in [-0.4, -0.2) is 94.5 Å². The first kappa shape index (κ1) is 35.8. The van der Waals surface area contributed by atoms with Crippen LogP contribution >= 0.6 is 0 Å². The maximum atomic E-state index is 14.0. The number of carbonyl (C=O) groups is 2. The number of anilines is 1. The van der Waals surface area contributed by atoms with Crippen LogP contribution in [-0.2, 0) is 28.4 Å². The van der Waals surface area contributed by atoms with E-state index in [1.54, 1.807) is 20.4 Å². The topological polar surface area (TPSA) is 120 Å². The van der Waals surface area contributed by atoms with Gasteiger partial charge in [0.05, 0.1) is 33.8 Å². The molecule has 2 amide bonds. The summed E-state index contributed by atoms with van der Waals surface area (Å²) in [5.41, 5.74) is 1.47. The van der Waals surface area contributed by atoms with Crippen LogP contribution in [0.4, 0.5) is 32.0 Å². The molecule has 0 bridgehead atoms. The number of piperazine rings is 1. The fraction of sp³-hybridized carbons (Fsp3) is 0.559. The summed E-state index contributed by atoms with van der Waals surface area (Å²) in [6.45, 7) is 4.75. The second kappa shape index (κ2) is 14.3. The highest BCUT2D eigenvalue weighted by atomic mass is 19.4. The first-order valence-corrected chi connectivity index (χ1v) is 17.0. The van der Waals surface area contributed by atoms with E-state index in [2.05, 4.69) is 15.2 Å². The fourth-order valence-corrected chi connectivity index (χ4v) is 7.74. The molecule has 0 unspecified atom stereocenters. The summed E-state index contributed by atoms with van der Waals surface area (Å²) in [5.74, 6) is -2.10. The zero-order valence-corrected chi connectivity index (χ0v) is 27.5. The van der Waals surface area contributed by atoms with Gasteiger partial charge in [-0.15, -0.1) is 0 Å². The van der Waals surface area contributed by atoms with E-state index < -0.39 is 53.3 Å². The number of hydrogen-bond acceptors (Lipinski definition) is 6. The molecule has 3 fully saturated rings. The Hall–Kier alpha value is -4.05. The number of aromatic nitrogens is 2. The summed E-state index contributed by atoms with van der Waals surface area (Å²) < 4.78 is 84.8. The van der Waals surface area contributed by atoms with E-state index in [-0.39, 0.29) is 42.8 Å². The van der Waals surface area contributed by atoms with Gasteiger partial charge in [-0.3, -0.25) is 19.1 Å². The molecule has 10 nitrogen and oxygen atoms in total. The average molecular weight is 710 g/mol. The Labute approximate surface area is 284 Å². The van der Waals surface area contributed by atoms with E-state index in [9.17, 15) is 40.7 Å². The SMILES string of the molecule is Nc1c(C(F)(F)F)cc(C[C@@H](CC(=O)N2CCC(n3c(=O)[nH]c4ccccc43)CC2)C(=O)N2CCC(N3CCNCC3)CC2)cc1C(F)(F)F. The van der Waals surface area contributed by atoms with Crippen molar-refractivity contribution in [1.82, 2.24) is 29.6 Å². The Bertz CT molecular complexity index is 1710. The second-order valence-corrected chi connectivity index (χ2v) is 13.5. The molecule has 6 rings (SSSR count). The zero-order chi connectivity index (χ0) is 35.8. The summed E-state index contributed by atoms with van der Waals surface area (Å²) in [6.07, 6.45) is -8.98. The zero-order valence-electron chi connectivity index (χ0n) is 27.5. The number of alkyl halides is 6. The van der Waals surface area contributed by atoms with Gasteiger partial charge in [0.15, 0.2) is 0 Å². The highest BCUT2D eigenvalue weighted by molar-refractivity contribution is 5.86. The van der Waals surface area contributed by atoms with Crippen molar-refractivity contribution in [3.63, 3.8) is 0 Å². The van der Waals surface area contributed by atoms with Gasteiger partial charge in [0, 0.05) is 70.9 Å². The van der Waals surface area contributed by atoms with Crippen LogP contribution in [0, 0.1) is 5.92 Å². The number of nitrogens with one attached hydrogen (secondary N) is 2. The number of nitrogens with two attached hydrogens (primary N) is 1. The molecule has 4 N–H and O–H groups in total. The lowest BCUT2D eigenvalue weighted by atomic mass is 9.90. The lowest BCUT2D eigenvalue weighted by Crippen LogP contribution is -2.53. The van der Waals surface area contributed by atoms with Crippen LogP contribution in [0.3, 0.4) is 0 Å². The number of amides is 2. The van der Waals surface area contributed by atoms with Crippen molar-refractivity contribution < 1.29 is 35.9 Å². The third-order valence-electron chi connectivity index (χ3n) is 10.4. The molecule has 2 aromatic carbocycles. The lowest BCUT2D eigenvalue weighted by molar-refractivity contribution is -0.143. The third-order valence-corrected chi connectivity index (χ3v) is 10.4. The monoisotopic (exact) mass is 709 g/mol. The first-order chi connectivity index (χ1) is 23.7. The Morgan fingerprint density at radius 1 is 0.820 bits per heavy atom. The Morgan fingerprint density at radius 3 is 1.98 bits per heavy atom. The second-order valence-electron chi connectivity index (χ2n) is 13.5. The molecule has 3 aliphatic heterocycles. The van der Waals surface area contributed by atoms with Crippen LogP contribution in [0.1, 0.15) is 54.8 Å². The van der Waals surface area contributed by atoms with Gasteiger partial charge in [0.1, 0.15) is 0 Å². The molecule has 0 saturated carbocycles. The van der Waals surface area contributed by atoms with Crippen molar-refractivity contribution >= 4 is 28.5 Å². The van der Waals surface area contributed by atoms with E-state index >= 15 is 0 Å². The molecule has 0 spiro atoms. The summed E-state index contributed by atoms with van der Waals surface area (Å²) in [7, 11) is 0. The molecule has 3 saturated heterocycles. The van der Waals surface area contributed by atoms with Gasteiger partial charge < -0.3 is 25.8 Å². The number of benzene rings is 2. The molecule has 1 atom stereocenters. The minimum Gasteiger partial charge on any atom is -0.398 e. The van der Waals surface area contributed by atoms with Gasteiger partial charge in [0.25, 0.3) is 0 Å². The van der Waals surface area contributed by atoms with Crippen LogP contribution < -0.4 is 16.7 Å². The van der Waals surface area contributed by atoms with Crippen LogP contribution in [0.15, 0.2) is 41.2 Å². The number of nitrogens with zero attached hydrogens (tertiary/aromatic N) is 4. The first-order valence-electron chi connectivity index (χ1n) is 17.0. The minimum absolute atomic E-state index is 0.187. The van der Waals surface area contributed by atoms with Crippen LogP contribution in [0.25, 0.3) is 11.0 Å². The number of H-pyrrole nitrogens is 1. The van der Waals surface area contributed by atoms with Gasteiger partial charge in [-0.05, 0) is 61.9 Å². The average Bonchev–Trinajstić information content (AvgIpc) is 3.43. The summed E-state index contributed by atoms with van der Waals surface area (Å²) >= 11 is 0. The number of fused-ring (bicyclic) bond motifs is 1. The number of carbonyl (C=O) groups excluding carboxylic acids is 2. The largest absolute Gasteiger partial charge is 0.418 e. The fourth-order valence-electron chi connectivity index (χ4n) is 7.74. The molecule has 0 radical (unpaired) electrons. The normalized spacial score (nSPS) is 19.6. The molecule has 0 aliphatic carbocycles. The van der Waals surface area contributed by atoms with Gasteiger partial charge in [-0.1, -0.05) is 12.1 Å². The van der Waals surface area contributed by atoms with Crippen molar-refractivity contribution in [3.8, 4) is 0 Å². The van der Waals surface area contributed by atoms with Gasteiger partial charge in [-0.25, -0.2) is 4.79 Å². The molecule has 50 heavy (non-hydrogen) atoms. The predicted octanol–water partition coefficient (Wildman–Crippen LogP) is 4.26. The summed E-state index contributed by atoms with van der Waals surface area (Å²) in [6, 6.07) is 8.45. The number of halogens is 6. The van der Waals surface area contributed by atoms with Crippen molar-refractivity contribution in [2.75, 3.05) is 58.1 Å². The van der Waals surface area contributed by atoms with Crippen molar-refractivity contribution in [3.05, 3.63) is 63.6 Å². The van der Waals surface area contributed by atoms with Crippen LogP contribution in [0.2, 0.25) is 0 Å². The molecular formula is C34H41F6N7O3. The van der Waals surface area contributed by atoms with Crippen molar-refractivity contribution in [2.24, 2.45) is 5.92 Å². The Kier molecular flexibility index (Phi) is 10.2. The number of rotatable bonds is 7. The summed E-state index contributed by atoms with van der Waals surface area (Å²) in [5, 5.41) is 3.31. The third kappa shape index (κ3) is 7.65. The van der Waals surface area contributed by atoms with Gasteiger partial charge in [-0.2, -0.15) is 26.3 Å². The number of aromatic amines is 1. The molecule has 16 heteroatoms. The predicted molar refractivity (Wildman–Crippen MR) is 174 cm³/mol. The molecule has 3 aromatic rings. The quantitative estimate of drug-likeness (QED) is 0.249. The van der Waals surface area contributed by atoms with E-state index in [0.717, 1.165) is 31.7 Å². The molecule has 272 valence electrons. The van der Waals surface area contributed by atoms with E-state index in [4.69, 9.17) is 5.73 Å². The number of nitrogen functional groups attached to an aromatic ring is 1. The highest BCUT2D eigenvalue weighted by Gasteiger charge is 2.42. The number of imidazole rings is 1.